The molecule has 1 atom stereocenters. The van der Waals surface area contributed by atoms with Gasteiger partial charge in [-0.2, -0.15) is 14.7 Å². The number of fused-ring (bicyclic) bond motifs is 1. The average Bonchev–Trinajstić information content (AvgIpc) is 3.48. The van der Waals surface area contributed by atoms with E-state index in [4.69, 9.17) is 15.6 Å². The Balaban J connectivity index is 1.24. The number of halogens is 1. The first-order valence-electron chi connectivity index (χ1n) is 16.0. The fourth-order valence-corrected chi connectivity index (χ4v) is 7.33. The van der Waals surface area contributed by atoms with Crippen molar-refractivity contribution >= 4 is 32.8 Å². The van der Waals surface area contributed by atoms with Gasteiger partial charge in [-0.1, -0.05) is 18.2 Å². The molecule has 256 valence electrons. The van der Waals surface area contributed by atoms with Crippen LogP contribution in [0.4, 0.5) is 10.2 Å². The first-order valence-corrected chi connectivity index (χ1v) is 17.8. The van der Waals surface area contributed by atoms with Crippen molar-refractivity contribution in [3.63, 3.8) is 0 Å². The van der Waals surface area contributed by atoms with Gasteiger partial charge < -0.3 is 15.4 Å². The average molecular weight is 688 g/mol. The summed E-state index contributed by atoms with van der Waals surface area (Å²) in [6, 6.07) is 15.4. The molecule has 2 N–H and O–H groups in total. The van der Waals surface area contributed by atoms with E-state index >= 15 is 4.39 Å². The van der Waals surface area contributed by atoms with E-state index in [0.29, 0.717) is 68.1 Å². The number of piperazine rings is 1. The Morgan fingerprint density at radius 3 is 2.49 bits per heavy atom. The number of carbonyl (C=O) groups excluding carboxylic acids is 1. The molecular formula is C34H38FN9O4S. The molecule has 49 heavy (non-hydrogen) atoms. The first kappa shape index (κ1) is 34.0. The molecule has 0 radical (unpaired) electrons. The Morgan fingerprint density at radius 2 is 1.82 bits per heavy atom. The van der Waals surface area contributed by atoms with Crippen molar-refractivity contribution in [3.05, 3.63) is 72.3 Å². The SMILES string of the molecule is CC(C)(/C=C(/C#N)C(=O)N1CCC[C@H](n2nc(-c3ccc(Oc4ccccc4)cc3F)c3c(N)ncnc32)C1)N1CCN(S(C)(=O)=O)CC1. The van der Waals surface area contributed by atoms with Gasteiger partial charge in [0.2, 0.25) is 10.0 Å². The van der Waals surface area contributed by atoms with Gasteiger partial charge in [0.05, 0.1) is 17.7 Å². The number of likely N-dealkylation sites (tertiary alicyclic amines) is 1. The third-order valence-electron chi connectivity index (χ3n) is 9.09. The van der Waals surface area contributed by atoms with Crippen molar-refractivity contribution in [3.8, 4) is 28.8 Å². The topological polar surface area (TPSA) is 164 Å². The Hall–Kier alpha value is -4.91. The monoisotopic (exact) mass is 687 g/mol. The van der Waals surface area contributed by atoms with Crippen molar-refractivity contribution in [2.45, 2.75) is 38.3 Å². The van der Waals surface area contributed by atoms with Crippen molar-refractivity contribution in [2.24, 2.45) is 0 Å². The third kappa shape index (κ3) is 7.12. The lowest BCUT2D eigenvalue weighted by atomic mass is 9.97. The molecule has 15 heteroatoms. The molecule has 2 aliphatic heterocycles. The van der Waals surface area contributed by atoms with Crippen LogP contribution in [0.2, 0.25) is 0 Å². The summed E-state index contributed by atoms with van der Waals surface area (Å²) in [6.07, 6.45) is 5.49. The minimum absolute atomic E-state index is 0.00802. The van der Waals surface area contributed by atoms with Crippen LogP contribution >= 0.6 is 0 Å². The number of aromatic nitrogens is 4. The van der Waals surface area contributed by atoms with Crippen LogP contribution in [-0.2, 0) is 14.8 Å². The van der Waals surface area contributed by atoms with Crippen LogP contribution in [0.15, 0.2) is 66.5 Å². The zero-order valence-electron chi connectivity index (χ0n) is 27.6. The zero-order valence-corrected chi connectivity index (χ0v) is 28.4. The first-order chi connectivity index (χ1) is 23.4. The van der Waals surface area contributed by atoms with E-state index in [1.165, 1.54) is 23.0 Å². The molecule has 1 amide bonds. The van der Waals surface area contributed by atoms with Gasteiger partial charge in [0.15, 0.2) is 5.65 Å². The van der Waals surface area contributed by atoms with Gasteiger partial charge in [0.25, 0.3) is 5.91 Å². The van der Waals surface area contributed by atoms with Crippen LogP contribution in [0.5, 0.6) is 11.5 Å². The smallest absolute Gasteiger partial charge is 0.264 e. The van der Waals surface area contributed by atoms with E-state index < -0.39 is 27.3 Å². The summed E-state index contributed by atoms with van der Waals surface area (Å²) in [5, 5.41) is 15.3. The van der Waals surface area contributed by atoms with Gasteiger partial charge in [-0.25, -0.2) is 27.5 Å². The van der Waals surface area contributed by atoms with Crippen LogP contribution in [0.3, 0.4) is 0 Å². The fourth-order valence-electron chi connectivity index (χ4n) is 6.51. The molecule has 2 saturated heterocycles. The summed E-state index contributed by atoms with van der Waals surface area (Å²) in [6.45, 7) is 6.13. The maximum atomic E-state index is 15.7. The number of para-hydroxylation sites is 1. The number of nitrogens with zero attached hydrogens (tertiary/aromatic N) is 8. The van der Waals surface area contributed by atoms with Crippen molar-refractivity contribution in [2.75, 3.05) is 51.3 Å². The highest BCUT2D eigenvalue weighted by Crippen LogP contribution is 2.36. The molecule has 2 aliphatic rings. The largest absolute Gasteiger partial charge is 0.457 e. The van der Waals surface area contributed by atoms with Gasteiger partial charge in [-0.3, -0.25) is 9.69 Å². The highest BCUT2D eigenvalue weighted by Gasteiger charge is 2.34. The van der Waals surface area contributed by atoms with E-state index in [-0.39, 0.29) is 35.2 Å². The maximum Gasteiger partial charge on any atom is 0.264 e. The fraction of sp³-hybridized carbons (Fsp3) is 0.382. The van der Waals surface area contributed by atoms with Gasteiger partial charge in [-0.15, -0.1) is 0 Å². The van der Waals surface area contributed by atoms with Gasteiger partial charge in [-0.05, 0) is 57.0 Å². The standard InChI is InChI=1S/C34H38FN9O4S/c1-34(2,42-14-16-43(17-15-42)49(3,46)47)19-23(20-36)33(45)41-13-7-8-24(21-41)44-32-29(31(37)38-22-39-32)30(40-44)27-12-11-26(18-28(27)35)48-25-9-5-4-6-10-25/h4-6,9-12,18-19,22,24H,7-8,13-17,21H2,1-3H3,(H2,37,38,39)/b23-19-/t24-/m0/s1. The van der Waals surface area contributed by atoms with E-state index in [2.05, 4.69) is 20.9 Å². The Bertz CT molecular complexity index is 2050. The molecule has 2 aromatic carbocycles. The second kappa shape index (κ2) is 13.5. The lowest BCUT2D eigenvalue weighted by Crippen LogP contribution is -2.55. The molecule has 0 aliphatic carbocycles. The van der Waals surface area contributed by atoms with Gasteiger partial charge in [0, 0.05) is 56.4 Å². The number of rotatable bonds is 8. The molecule has 4 aromatic rings. The summed E-state index contributed by atoms with van der Waals surface area (Å²) < 4.78 is 48.5. The van der Waals surface area contributed by atoms with Crippen LogP contribution in [0, 0.1) is 17.1 Å². The molecule has 6 rings (SSSR count). The van der Waals surface area contributed by atoms with Crippen molar-refractivity contribution in [1.29, 1.82) is 5.26 Å². The predicted molar refractivity (Wildman–Crippen MR) is 182 cm³/mol. The number of ether oxygens (including phenoxy) is 1. The number of sulfonamides is 1. The maximum absolute atomic E-state index is 15.7. The number of amides is 1. The van der Waals surface area contributed by atoms with Crippen LogP contribution < -0.4 is 10.5 Å². The van der Waals surface area contributed by atoms with Crippen molar-refractivity contribution in [1.82, 2.24) is 33.9 Å². The summed E-state index contributed by atoms with van der Waals surface area (Å²) in [7, 11) is -3.29. The summed E-state index contributed by atoms with van der Waals surface area (Å²) in [5.74, 6) is 0.0772. The summed E-state index contributed by atoms with van der Waals surface area (Å²) in [5.41, 5.74) is 6.52. The Labute approximate surface area is 284 Å². The normalized spacial score (nSPS) is 18.4. The number of nitrogens with two attached hydrogens (primary N) is 1. The van der Waals surface area contributed by atoms with E-state index in [1.54, 1.807) is 39.9 Å². The molecule has 0 saturated carbocycles. The van der Waals surface area contributed by atoms with Crippen LogP contribution in [0.25, 0.3) is 22.3 Å². The number of piperidine rings is 1. The van der Waals surface area contributed by atoms with E-state index in [1.807, 2.05) is 32.0 Å². The third-order valence-corrected chi connectivity index (χ3v) is 10.4. The molecular weight excluding hydrogens is 649 g/mol. The number of hydrogen-bond acceptors (Lipinski definition) is 10. The van der Waals surface area contributed by atoms with Crippen LogP contribution in [-0.4, -0.2) is 99.2 Å². The van der Waals surface area contributed by atoms with Crippen LogP contribution in [0.1, 0.15) is 32.7 Å². The van der Waals surface area contributed by atoms with Gasteiger partial charge in [0.1, 0.15) is 46.8 Å². The Kier molecular flexibility index (Phi) is 9.39. The number of carbonyl (C=O) groups is 1. The molecule has 0 bridgehead atoms. The Morgan fingerprint density at radius 1 is 1.08 bits per heavy atom. The molecule has 2 aromatic heterocycles. The van der Waals surface area contributed by atoms with E-state index in [0.717, 1.165) is 0 Å². The molecule has 2 fully saturated rings. The predicted octanol–water partition coefficient (Wildman–Crippen LogP) is 3.98. The minimum atomic E-state index is -3.29. The molecule has 0 spiro atoms. The highest BCUT2D eigenvalue weighted by atomic mass is 32.2. The quantitative estimate of drug-likeness (QED) is 0.212. The van der Waals surface area contributed by atoms with Gasteiger partial charge >= 0.3 is 0 Å². The van der Waals surface area contributed by atoms with Crippen molar-refractivity contribution < 1.29 is 22.3 Å². The molecule has 13 nitrogen and oxygen atoms in total. The zero-order chi connectivity index (χ0) is 34.9. The summed E-state index contributed by atoms with van der Waals surface area (Å²) in [4.78, 5) is 26.1. The summed E-state index contributed by atoms with van der Waals surface area (Å²) >= 11 is 0. The minimum Gasteiger partial charge on any atom is -0.457 e. The molecule has 4 heterocycles. The number of nitrogen functional groups attached to an aromatic ring is 1. The lowest BCUT2D eigenvalue weighted by molar-refractivity contribution is -0.128. The lowest BCUT2D eigenvalue weighted by Gasteiger charge is -2.42. The number of nitriles is 1. The number of anilines is 1. The molecule has 0 unspecified atom stereocenters. The van der Waals surface area contributed by atoms with E-state index in [9.17, 15) is 18.5 Å². The number of hydrogen-bond donors (Lipinski definition) is 1. The number of benzene rings is 2. The second-order valence-electron chi connectivity index (χ2n) is 12.8. The highest BCUT2D eigenvalue weighted by molar-refractivity contribution is 7.88. The second-order valence-corrected chi connectivity index (χ2v) is 14.8.